The highest BCUT2D eigenvalue weighted by molar-refractivity contribution is 7.89. The van der Waals surface area contributed by atoms with Crippen LogP contribution in [-0.2, 0) is 29.6 Å². The number of halogens is 2. The van der Waals surface area contributed by atoms with Crippen LogP contribution in [0.4, 0.5) is 8.78 Å². The van der Waals surface area contributed by atoms with Gasteiger partial charge in [-0.25, -0.2) is 34.9 Å². The van der Waals surface area contributed by atoms with E-state index in [1.807, 2.05) is 13.8 Å². The minimum absolute atomic E-state index is 0.0298. The number of amides is 2. The molecule has 47 heavy (non-hydrogen) atoms. The summed E-state index contributed by atoms with van der Waals surface area (Å²) in [7, 11) is -3.28. The molecule has 0 aliphatic heterocycles. The third-order valence-corrected chi connectivity index (χ3v) is 12.9. The van der Waals surface area contributed by atoms with Crippen molar-refractivity contribution in [1.29, 1.82) is 0 Å². The number of nitrogens with zero attached hydrogens (tertiary/aromatic N) is 3. The average Bonchev–Trinajstić information content (AvgIpc) is 2.94. The van der Waals surface area contributed by atoms with Gasteiger partial charge in [0.1, 0.15) is 12.3 Å². The summed E-state index contributed by atoms with van der Waals surface area (Å²) in [5.41, 5.74) is 0. The minimum Gasteiger partial charge on any atom is -0.390 e. The molecule has 3 N–H and O–H groups in total. The number of carbonyl (C=O) groups is 2. The number of carbonyl (C=O) groups excluding carboxylic acids is 2. The Morgan fingerprint density at radius 1 is 0.872 bits per heavy atom. The Hall–Kier alpha value is -1.46. The van der Waals surface area contributed by atoms with Gasteiger partial charge in [0.2, 0.25) is 31.9 Å². The molecule has 7 unspecified atom stereocenters. The molecule has 0 aromatic rings. The van der Waals surface area contributed by atoms with Gasteiger partial charge in [-0.2, -0.15) is 0 Å². The van der Waals surface area contributed by atoms with Gasteiger partial charge in [0.05, 0.1) is 23.1 Å². The number of aliphatic hydroxyl groups excluding tert-OH is 1. The molecule has 2 amide bonds. The summed E-state index contributed by atoms with van der Waals surface area (Å²) in [6.45, 7) is 8.20. The van der Waals surface area contributed by atoms with Crippen LogP contribution in [0.5, 0.6) is 0 Å². The molecule has 2 fully saturated rings. The largest absolute Gasteiger partial charge is 0.390 e. The summed E-state index contributed by atoms with van der Waals surface area (Å²) in [4.78, 5) is 31.7. The van der Waals surface area contributed by atoms with E-state index in [-0.39, 0.29) is 69.1 Å². The zero-order chi connectivity index (χ0) is 35.7. The first-order valence-corrected chi connectivity index (χ1v) is 20.1. The van der Waals surface area contributed by atoms with E-state index in [1.54, 1.807) is 18.7 Å². The number of likely N-dealkylation sites (N-methyl/N-ethyl adjacent to an activating group) is 1. The molecule has 12 nitrogen and oxygen atoms in total. The quantitative estimate of drug-likeness (QED) is 0.183. The highest BCUT2D eigenvalue weighted by Gasteiger charge is 2.44. The highest BCUT2D eigenvalue weighted by Crippen LogP contribution is 2.36. The summed E-state index contributed by atoms with van der Waals surface area (Å²) >= 11 is 0. The summed E-state index contributed by atoms with van der Waals surface area (Å²) in [6.07, 6.45) is -2.49. The van der Waals surface area contributed by atoms with Crippen molar-refractivity contribution in [3.05, 3.63) is 0 Å². The third kappa shape index (κ3) is 13.1. The van der Waals surface area contributed by atoms with Gasteiger partial charge in [-0.15, -0.1) is 4.83 Å². The van der Waals surface area contributed by atoms with Gasteiger partial charge in [-0.3, -0.25) is 9.59 Å². The number of nitrogens with one attached hydrogen (secondary N) is 2. The molecule has 0 radical (unpaired) electrons. The van der Waals surface area contributed by atoms with Gasteiger partial charge < -0.3 is 15.3 Å². The summed E-state index contributed by atoms with van der Waals surface area (Å²) in [5.74, 6) is -3.12. The number of hydrazine groups is 1. The summed E-state index contributed by atoms with van der Waals surface area (Å²) in [5, 5.41) is 14.4. The predicted molar refractivity (Wildman–Crippen MR) is 178 cm³/mol. The number of hydrogen-bond acceptors (Lipinski definition) is 8. The van der Waals surface area contributed by atoms with E-state index < -0.39 is 73.4 Å². The fourth-order valence-electron chi connectivity index (χ4n) is 6.97. The monoisotopic (exact) mass is 715 g/mol. The summed E-state index contributed by atoms with van der Waals surface area (Å²) in [6, 6.07) is -1.02. The molecule has 0 heterocycles. The van der Waals surface area contributed by atoms with E-state index >= 15 is 0 Å². The van der Waals surface area contributed by atoms with Gasteiger partial charge in [0.15, 0.2) is 0 Å². The Balaban J connectivity index is 2.35. The molecule has 0 bridgehead atoms. The van der Waals surface area contributed by atoms with Crippen molar-refractivity contribution in [3.8, 4) is 0 Å². The molecule has 0 aromatic carbocycles. The normalized spacial score (nSPS) is 27.2. The lowest BCUT2D eigenvalue weighted by molar-refractivity contribution is -0.138. The smallest absolute Gasteiger partial charge is 0.225 e. The summed E-state index contributed by atoms with van der Waals surface area (Å²) < 4.78 is 81.3. The molecular weight excluding hydrogens is 656 g/mol. The van der Waals surface area contributed by atoms with Crippen LogP contribution < -0.4 is 10.1 Å². The molecule has 0 aromatic heterocycles. The average molecular weight is 716 g/mol. The van der Waals surface area contributed by atoms with E-state index in [0.717, 1.165) is 17.1 Å². The lowest BCUT2D eigenvalue weighted by atomic mass is 9.79. The fraction of sp³-hybridized carbons (Fsp3) is 0.935. The maximum atomic E-state index is 14.3. The van der Waals surface area contributed by atoms with Crippen LogP contribution in [0.25, 0.3) is 0 Å². The van der Waals surface area contributed by atoms with Crippen molar-refractivity contribution >= 4 is 31.9 Å². The van der Waals surface area contributed by atoms with Crippen LogP contribution in [0.1, 0.15) is 85.5 Å². The molecule has 2 rings (SSSR count). The van der Waals surface area contributed by atoms with Gasteiger partial charge in [0, 0.05) is 59.0 Å². The maximum absolute atomic E-state index is 14.3. The Labute approximate surface area is 281 Å². The Morgan fingerprint density at radius 2 is 1.43 bits per heavy atom. The minimum atomic E-state index is -3.83. The number of rotatable bonds is 18. The zero-order valence-electron chi connectivity index (χ0n) is 29.2. The van der Waals surface area contributed by atoms with Crippen LogP contribution in [-0.4, -0.2) is 124 Å². The number of aliphatic hydroxyl groups is 1. The number of sulfonamides is 2. The highest BCUT2D eigenvalue weighted by atomic mass is 32.2. The van der Waals surface area contributed by atoms with Crippen LogP contribution in [0.3, 0.4) is 0 Å². The Morgan fingerprint density at radius 3 is 1.94 bits per heavy atom. The molecule has 0 spiro atoms. The van der Waals surface area contributed by atoms with Gasteiger partial charge in [-0.05, 0) is 63.2 Å². The van der Waals surface area contributed by atoms with E-state index in [0.29, 0.717) is 13.1 Å². The van der Waals surface area contributed by atoms with E-state index in [1.165, 1.54) is 26.2 Å². The van der Waals surface area contributed by atoms with Crippen LogP contribution >= 0.6 is 0 Å². The van der Waals surface area contributed by atoms with Gasteiger partial charge >= 0.3 is 0 Å². The van der Waals surface area contributed by atoms with Crippen LogP contribution in [0.15, 0.2) is 0 Å². The van der Waals surface area contributed by atoms with Gasteiger partial charge in [0.25, 0.3) is 0 Å². The molecule has 7 atom stereocenters. The first kappa shape index (κ1) is 41.7. The second kappa shape index (κ2) is 18.5. The van der Waals surface area contributed by atoms with Crippen molar-refractivity contribution < 1.29 is 40.3 Å². The molecule has 0 saturated heterocycles. The van der Waals surface area contributed by atoms with Crippen molar-refractivity contribution in [3.63, 3.8) is 0 Å². The lowest BCUT2D eigenvalue weighted by Crippen LogP contribution is -2.54. The number of alkyl halides is 2. The van der Waals surface area contributed by atoms with E-state index in [2.05, 4.69) is 10.1 Å². The lowest BCUT2D eigenvalue weighted by Gasteiger charge is -2.38. The van der Waals surface area contributed by atoms with Crippen molar-refractivity contribution in [1.82, 2.24) is 24.4 Å². The Kier molecular flexibility index (Phi) is 16.4. The Bertz CT molecular complexity index is 1210. The third-order valence-electron chi connectivity index (χ3n) is 8.99. The van der Waals surface area contributed by atoms with Crippen molar-refractivity contribution in [2.75, 3.05) is 46.5 Å². The SMILES string of the molecule is CCCN(CCC)C(=O)C1CC(C(=O)NC(CC2CC(F)CC(F)C2)C(O)CN(C)NS(=O)(=O)CC(C)C)CC(S(=O)(=O)N(C)C)C1. The second-order valence-electron chi connectivity index (χ2n) is 14.2. The molecule has 276 valence electrons. The van der Waals surface area contributed by atoms with E-state index in [4.69, 9.17) is 0 Å². The first-order valence-electron chi connectivity index (χ1n) is 17.0. The maximum Gasteiger partial charge on any atom is 0.225 e. The van der Waals surface area contributed by atoms with E-state index in [9.17, 15) is 40.3 Å². The second-order valence-corrected chi connectivity index (χ2v) is 18.4. The van der Waals surface area contributed by atoms with Crippen molar-refractivity contribution in [2.24, 2.45) is 23.7 Å². The first-order chi connectivity index (χ1) is 21.8. The zero-order valence-corrected chi connectivity index (χ0v) is 30.8. The standard InChI is InChI=1S/C31H59F2N5O7S2/c1-8-10-38(11-9-2)31(41)24-15-23(16-27(17-24)47(44,45)36(5)6)30(40)34-28(14-22-12-25(32)18-26(33)13-22)29(39)19-37(7)35-46(42,43)20-21(3)4/h21-29,35,39H,8-20H2,1-7H3,(H,34,40). The predicted octanol–water partition coefficient (Wildman–Crippen LogP) is 2.45. The molecule has 16 heteroatoms. The topological polar surface area (TPSA) is 156 Å². The molecule has 2 aliphatic rings. The number of hydrogen-bond donors (Lipinski definition) is 3. The van der Waals surface area contributed by atoms with Crippen molar-refractivity contribution in [2.45, 2.75) is 115 Å². The van der Waals surface area contributed by atoms with Crippen LogP contribution in [0.2, 0.25) is 0 Å². The molecule has 2 saturated carbocycles. The van der Waals surface area contributed by atoms with Gasteiger partial charge in [-0.1, -0.05) is 27.7 Å². The molecule has 2 aliphatic carbocycles. The van der Waals surface area contributed by atoms with Crippen LogP contribution in [0, 0.1) is 23.7 Å². The molecular formula is C31H59F2N5O7S2. The fourth-order valence-corrected chi connectivity index (χ4v) is 10.0.